The number of aliphatic hydroxyl groups is 1. The molecule has 5 heteroatoms. The van der Waals surface area contributed by atoms with Gasteiger partial charge in [0.1, 0.15) is 0 Å². The SMILES string of the molecule is COC(=O)[C@@H]1C[C@@]23CN(C)C[C@@H](CCC4=C2[C@@H]1CC4)[C@]31CC[C@](O)(C(C)C)OC1. The third kappa shape index (κ3) is 2.53. The summed E-state index contributed by atoms with van der Waals surface area (Å²) in [6.45, 7) is 6.83. The van der Waals surface area contributed by atoms with Crippen LogP contribution in [0.25, 0.3) is 0 Å². The Hall–Kier alpha value is -0.910. The zero-order chi connectivity index (χ0) is 20.6. The van der Waals surface area contributed by atoms with Crippen LogP contribution in [0.2, 0.25) is 0 Å². The Morgan fingerprint density at radius 2 is 2.03 bits per heavy atom. The highest BCUT2D eigenvalue weighted by molar-refractivity contribution is 5.75. The average Bonchev–Trinajstić information content (AvgIpc) is 3.23. The van der Waals surface area contributed by atoms with Crippen LogP contribution in [0, 0.1) is 34.5 Å². The van der Waals surface area contributed by atoms with Crippen LogP contribution in [0.3, 0.4) is 0 Å². The third-order valence-electron chi connectivity index (χ3n) is 9.59. The maximum atomic E-state index is 12.8. The van der Waals surface area contributed by atoms with Gasteiger partial charge in [-0.05, 0) is 57.4 Å². The molecule has 0 radical (unpaired) electrons. The second kappa shape index (κ2) is 6.54. The Bertz CT molecular complexity index is 735. The predicted octanol–water partition coefficient (Wildman–Crippen LogP) is 3.37. The first-order valence-corrected chi connectivity index (χ1v) is 11.6. The molecule has 162 valence electrons. The van der Waals surface area contributed by atoms with Crippen LogP contribution in [0.1, 0.15) is 58.8 Å². The third-order valence-corrected chi connectivity index (χ3v) is 9.59. The van der Waals surface area contributed by atoms with E-state index in [1.165, 1.54) is 20.0 Å². The van der Waals surface area contributed by atoms with Crippen LogP contribution in [0.4, 0.5) is 0 Å². The fourth-order valence-electron chi connectivity index (χ4n) is 8.17. The number of piperidine rings is 1. The van der Waals surface area contributed by atoms with Crippen LogP contribution >= 0.6 is 0 Å². The minimum absolute atomic E-state index is 0.00513. The van der Waals surface area contributed by atoms with Crippen molar-refractivity contribution in [3.05, 3.63) is 11.1 Å². The van der Waals surface area contributed by atoms with Crippen molar-refractivity contribution in [1.29, 1.82) is 0 Å². The van der Waals surface area contributed by atoms with Crippen LogP contribution in [-0.2, 0) is 14.3 Å². The Kier molecular flexibility index (Phi) is 4.52. The molecule has 2 saturated heterocycles. The van der Waals surface area contributed by atoms with Crippen molar-refractivity contribution in [2.45, 2.75) is 64.6 Å². The number of nitrogens with zero attached hydrogens (tertiary/aromatic N) is 1. The second-order valence-electron chi connectivity index (χ2n) is 11.0. The van der Waals surface area contributed by atoms with Gasteiger partial charge in [-0.1, -0.05) is 25.0 Å². The largest absolute Gasteiger partial charge is 0.469 e. The second-order valence-corrected chi connectivity index (χ2v) is 11.0. The van der Waals surface area contributed by atoms with E-state index in [9.17, 15) is 9.90 Å². The normalized spacial score (nSPS) is 46.9. The monoisotopic (exact) mass is 403 g/mol. The van der Waals surface area contributed by atoms with Gasteiger partial charge in [-0.25, -0.2) is 0 Å². The molecule has 5 rings (SSSR count). The maximum Gasteiger partial charge on any atom is 0.309 e. The fourth-order valence-corrected chi connectivity index (χ4v) is 8.17. The summed E-state index contributed by atoms with van der Waals surface area (Å²) in [5, 5.41) is 11.1. The van der Waals surface area contributed by atoms with Gasteiger partial charge >= 0.3 is 5.97 Å². The van der Waals surface area contributed by atoms with E-state index in [1.807, 2.05) is 0 Å². The van der Waals surface area contributed by atoms with E-state index in [0.29, 0.717) is 24.9 Å². The molecular weight excluding hydrogens is 366 g/mol. The van der Waals surface area contributed by atoms with Gasteiger partial charge in [0.2, 0.25) is 0 Å². The van der Waals surface area contributed by atoms with Crippen molar-refractivity contribution >= 4 is 5.97 Å². The van der Waals surface area contributed by atoms with Crippen molar-refractivity contribution in [3.63, 3.8) is 0 Å². The summed E-state index contributed by atoms with van der Waals surface area (Å²) in [5.41, 5.74) is 3.28. The van der Waals surface area contributed by atoms with Gasteiger partial charge in [0.15, 0.2) is 5.79 Å². The predicted molar refractivity (Wildman–Crippen MR) is 110 cm³/mol. The van der Waals surface area contributed by atoms with Gasteiger partial charge in [-0.2, -0.15) is 0 Å². The van der Waals surface area contributed by atoms with Gasteiger partial charge in [-0.15, -0.1) is 0 Å². The van der Waals surface area contributed by atoms with E-state index in [4.69, 9.17) is 9.47 Å². The van der Waals surface area contributed by atoms with Crippen molar-refractivity contribution in [2.24, 2.45) is 34.5 Å². The van der Waals surface area contributed by atoms with E-state index in [2.05, 4.69) is 25.8 Å². The lowest BCUT2D eigenvalue weighted by molar-refractivity contribution is -0.300. The van der Waals surface area contributed by atoms with Crippen LogP contribution < -0.4 is 0 Å². The van der Waals surface area contributed by atoms with E-state index < -0.39 is 5.79 Å². The molecule has 2 aliphatic heterocycles. The van der Waals surface area contributed by atoms with E-state index in [0.717, 1.165) is 38.8 Å². The molecule has 2 spiro atoms. The number of rotatable bonds is 2. The Balaban J connectivity index is 1.62. The minimum atomic E-state index is -1.01. The lowest BCUT2D eigenvalue weighted by atomic mass is 9.50. The number of methoxy groups -OCH3 is 1. The number of hydrogen-bond acceptors (Lipinski definition) is 5. The molecular formula is C24H37NO4. The molecule has 29 heavy (non-hydrogen) atoms. The lowest BCUT2D eigenvalue weighted by Crippen LogP contribution is -2.64. The molecule has 1 saturated carbocycles. The molecule has 5 aliphatic rings. The highest BCUT2D eigenvalue weighted by atomic mass is 16.6. The molecule has 5 nitrogen and oxygen atoms in total. The van der Waals surface area contributed by atoms with Crippen LogP contribution in [0.5, 0.6) is 0 Å². The number of ether oxygens (including phenoxy) is 2. The van der Waals surface area contributed by atoms with Crippen molar-refractivity contribution in [1.82, 2.24) is 4.90 Å². The summed E-state index contributed by atoms with van der Waals surface area (Å²) in [6, 6.07) is 0. The summed E-state index contributed by atoms with van der Waals surface area (Å²) >= 11 is 0. The molecule has 0 aromatic heterocycles. The molecule has 0 amide bonds. The number of allylic oxidation sites excluding steroid dienone is 1. The number of hydrogen-bond donors (Lipinski definition) is 1. The molecule has 0 aromatic rings. The summed E-state index contributed by atoms with van der Waals surface area (Å²) in [6.07, 6.45) is 7.24. The Morgan fingerprint density at radius 3 is 2.69 bits per heavy atom. The number of likely N-dealkylation sites (tertiary alicyclic amines) is 1. The van der Waals surface area contributed by atoms with E-state index in [-0.39, 0.29) is 28.6 Å². The van der Waals surface area contributed by atoms with Crippen LogP contribution in [0.15, 0.2) is 11.1 Å². The van der Waals surface area contributed by atoms with Gasteiger partial charge in [0.05, 0.1) is 19.6 Å². The topological polar surface area (TPSA) is 59.0 Å². The minimum Gasteiger partial charge on any atom is -0.469 e. The Morgan fingerprint density at radius 1 is 1.28 bits per heavy atom. The zero-order valence-corrected chi connectivity index (χ0v) is 18.5. The van der Waals surface area contributed by atoms with Crippen LogP contribution in [-0.4, -0.2) is 55.6 Å². The van der Waals surface area contributed by atoms with Gasteiger partial charge in [0, 0.05) is 36.3 Å². The zero-order valence-electron chi connectivity index (χ0n) is 18.5. The lowest BCUT2D eigenvalue weighted by Gasteiger charge is -2.62. The smallest absolute Gasteiger partial charge is 0.309 e. The van der Waals surface area contributed by atoms with Gasteiger partial charge < -0.3 is 19.5 Å². The first-order chi connectivity index (χ1) is 13.8. The van der Waals surface area contributed by atoms with Crippen molar-refractivity contribution in [3.8, 4) is 0 Å². The van der Waals surface area contributed by atoms with Gasteiger partial charge in [0.25, 0.3) is 0 Å². The van der Waals surface area contributed by atoms with Gasteiger partial charge in [-0.3, -0.25) is 4.79 Å². The van der Waals surface area contributed by atoms with E-state index in [1.54, 1.807) is 11.1 Å². The first-order valence-electron chi connectivity index (χ1n) is 11.6. The molecule has 3 aliphatic carbocycles. The molecule has 1 N–H and O–H groups in total. The van der Waals surface area contributed by atoms with Crippen molar-refractivity contribution < 1.29 is 19.4 Å². The van der Waals surface area contributed by atoms with E-state index >= 15 is 0 Å². The molecule has 3 fully saturated rings. The quantitative estimate of drug-likeness (QED) is 0.566. The standard InChI is InChI=1S/C24H37NO4/c1-15(2)24(27)10-9-22(14-29-24)17-7-5-16-6-8-18-19(21(26)28-4)11-23(22,20(16)18)13-25(3)12-17/h15,17-19,27H,5-14H2,1-4H3/t17-,18-,19-,22-,23-,24-/m1/s1. The molecule has 6 atom stereocenters. The highest BCUT2D eigenvalue weighted by Gasteiger charge is 2.69. The summed E-state index contributed by atoms with van der Waals surface area (Å²) in [5.74, 6) is -0.0553. The first kappa shape index (κ1) is 20.0. The summed E-state index contributed by atoms with van der Waals surface area (Å²) in [7, 11) is 3.78. The summed E-state index contributed by atoms with van der Waals surface area (Å²) in [4.78, 5) is 15.3. The highest BCUT2D eigenvalue weighted by Crippen LogP contribution is 2.71. The number of esters is 1. The number of carbonyl (C=O) groups excluding carboxylic acids is 1. The molecule has 0 unspecified atom stereocenters. The molecule has 2 heterocycles. The van der Waals surface area contributed by atoms with Crippen molar-refractivity contribution in [2.75, 3.05) is 33.9 Å². The number of carbonyl (C=O) groups is 1. The summed E-state index contributed by atoms with van der Waals surface area (Å²) < 4.78 is 11.6. The maximum absolute atomic E-state index is 12.8. The molecule has 2 bridgehead atoms. The fraction of sp³-hybridized carbons (Fsp3) is 0.875. The average molecular weight is 404 g/mol. The Labute approximate surface area is 174 Å². The molecule has 0 aromatic carbocycles.